The number of nitrogens with two attached hydrogens (primary N) is 1. The number of likely N-dealkylation sites (N-methyl/N-ethyl adjacent to an activating group) is 1. The molecule has 0 bridgehead atoms. The Morgan fingerprint density at radius 1 is 1.71 bits per heavy atom. The van der Waals surface area contributed by atoms with Crippen molar-refractivity contribution in [2.45, 2.75) is 25.8 Å². The lowest BCUT2D eigenvalue weighted by atomic mass is 10.0. The van der Waals surface area contributed by atoms with Crippen molar-refractivity contribution in [1.82, 2.24) is 9.80 Å². The first-order valence-electron chi connectivity index (χ1n) is 6.13. The van der Waals surface area contributed by atoms with Crippen LogP contribution >= 0.6 is 0 Å². The zero-order valence-electron chi connectivity index (χ0n) is 10.7. The van der Waals surface area contributed by atoms with Crippen molar-refractivity contribution in [2.24, 2.45) is 11.7 Å². The first kappa shape index (κ1) is 13.9. The van der Waals surface area contributed by atoms with E-state index in [2.05, 4.69) is 4.90 Å². The Bertz CT molecular complexity index is 297. The van der Waals surface area contributed by atoms with E-state index in [1.807, 2.05) is 13.0 Å². The Morgan fingerprint density at radius 2 is 2.41 bits per heavy atom. The molecule has 5 nitrogen and oxygen atoms in total. The number of nitrogens with zero attached hydrogens (tertiary/aromatic N) is 3. The van der Waals surface area contributed by atoms with Gasteiger partial charge in [0, 0.05) is 26.2 Å². The van der Waals surface area contributed by atoms with Gasteiger partial charge in [-0.1, -0.05) is 0 Å². The summed E-state index contributed by atoms with van der Waals surface area (Å²) in [5.41, 5.74) is 5.86. The van der Waals surface area contributed by atoms with E-state index in [0.717, 1.165) is 19.5 Å². The van der Waals surface area contributed by atoms with E-state index in [-0.39, 0.29) is 11.9 Å². The van der Waals surface area contributed by atoms with Crippen LogP contribution in [0.5, 0.6) is 0 Å². The van der Waals surface area contributed by atoms with Gasteiger partial charge in [0.1, 0.15) is 0 Å². The van der Waals surface area contributed by atoms with E-state index in [0.29, 0.717) is 25.4 Å². The second-order valence-electron chi connectivity index (χ2n) is 4.87. The zero-order chi connectivity index (χ0) is 12.8. The molecular weight excluding hydrogens is 216 g/mol. The van der Waals surface area contributed by atoms with Crippen LogP contribution < -0.4 is 5.73 Å². The smallest absolute Gasteiger partial charge is 0.236 e. The standard InChI is InChI=1S/C12H22N4O/c1-10(14)11-4-7-16(8-11)9-12(17)15(2)6-3-5-13/h10-11H,3-4,6-9,14H2,1-2H3. The third kappa shape index (κ3) is 4.33. The summed E-state index contributed by atoms with van der Waals surface area (Å²) in [5.74, 6) is 0.595. The van der Waals surface area contributed by atoms with Crippen LogP contribution in [0.1, 0.15) is 19.8 Å². The Balaban J connectivity index is 2.30. The van der Waals surface area contributed by atoms with Gasteiger partial charge in [-0.3, -0.25) is 9.69 Å². The van der Waals surface area contributed by atoms with E-state index < -0.39 is 0 Å². The lowest BCUT2D eigenvalue weighted by Crippen LogP contribution is -2.38. The van der Waals surface area contributed by atoms with Gasteiger partial charge in [-0.05, 0) is 25.8 Å². The number of hydrogen-bond acceptors (Lipinski definition) is 4. The lowest BCUT2D eigenvalue weighted by Gasteiger charge is -2.21. The maximum Gasteiger partial charge on any atom is 0.236 e. The summed E-state index contributed by atoms with van der Waals surface area (Å²) in [6.45, 7) is 4.85. The van der Waals surface area contributed by atoms with Gasteiger partial charge in [0.15, 0.2) is 0 Å². The van der Waals surface area contributed by atoms with Crippen LogP contribution in [-0.2, 0) is 4.79 Å². The largest absolute Gasteiger partial charge is 0.344 e. The highest BCUT2D eigenvalue weighted by atomic mass is 16.2. The molecule has 0 aliphatic carbocycles. The Kier molecular flexibility index (Phi) is 5.39. The van der Waals surface area contributed by atoms with E-state index in [9.17, 15) is 4.79 Å². The van der Waals surface area contributed by atoms with Crippen molar-refractivity contribution in [2.75, 3.05) is 33.2 Å². The van der Waals surface area contributed by atoms with Crippen LogP contribution in [0.4, 0.5) is 0 Å². The molecule has 1 fully saturated rings. The van der Waals surface area contributed by atoms with Gasteiger partial charge < -0.3 is 10.6 Å². The van der Waals surface area contributed by atoms with Crippen LogP contribution in [0.25, 0.3) is 0 Å². The third-order valence-electron chi connectivity index (χ3n) is 3.40. The summed E-state index contributed by atoms with van der Waals surface area (Å²) in [6, 6.07) is 2.25. The van der Waals surface area contributed by atoms with Crippen molar-refractivity contribution < 1.29 is 4.79 Å². The molecule has 1 aliphatic heterocycles. The summed E-state index contributed by atoms with van der Waals surface area (Å²) in [4.78, 5) is 15.6. The molecule has 1 saturated heterocycles. The second-order valence-corrected chi connectivity index (χ2v) is 4.87. The van der Waals surface area contributed by atoms with Gasteiger partial charge in [-0.15, -0.1) is 0 Å². The molecule has 5 heteroatoms. The molecule has 2 N–H and O–H groups in total. The molecule has 0 spiro atoms. The van der Waals surface area contributed by atoms with Crippen molar-refractivity contribution in [3.05, 3.63) is 0 Å². The first-order chi connectivity index (χ1) is 8.04. The molecule has 1 aliphatic rings. The number of hydrogen-bond donors (Lipinski definition) is 1. The van der Waals surface area contributed by atoms with Gasteiger partial charge in [-0.25, -0.2) is 0 Å². The van der Waals surface area contributed by atoms with Crippen LogP contribution in [0.15, 0.2) is 0 Å². The maximum absolute atomic E-state index is 11.8. The molecule has 1 rings (SSSR count). The van der Waals surface area contributed by atoms with Crippen LogP contribution in [0.3, 0.4) is 0 Å². The first-order valence-corrected chi connectivity index (χ1v) is 6.13. The van der Waals surface area contributed by atoms with E-state index in [1.54, 1.807) is 11.9 Å². The number of amides is 1. The minimum atomic E-state index is 0.0885. The number of rotatable bonds is 5. The van der Waals surface area contributed by atoms with Crippen LogP contribution in [-0.4, -0.2) is 55.0 Å². The maximum atomic E-state index is 11.8. The fourth-order valence-corrected chi connectivity index (χ4v) is 2.09. The topological polar surface area (TPSA) is 73.4 Å². The zero-order valence-corrected chi connectivity index (χ0v) is 10.7. The molecule has 0 aromatic carbocycles. The average Bonchev–Trinajstić information content (AvgIpc) is 2.74. The molecule has 2 unspecified atom stereocenters. The normalized spacial score (nSPS) is 22.1. The number of carbonyl (C=O) groups is 1. The molecule has 0 radical (unpaired) electrons. The fraction of sp³-hybridized carbons (Fsp3) is 0.833. The number of nitriles is 1. The fourth-order valence-electron chi connectivity index (χ4n) is 2.09. The molecule has 0 aromatic heterocycles. The Morgan fingerprint density at radius 3 is 2.94 bits per heavy atom. The quantitative estimate of drug-likeness (QED) is 0.733. The molecule has 0 saturated carbocycles. The summed E-state index contributed by atoms with van der Waals surface area (Å²) < 4.78 is 0. The summed E-state index contributed by atoms with van der Waals surface area (Å²) in [6.07, 6.45) is 1.47. The predicted molar refractivity (Wildman–Crippen MR) is 66.1 cm³/mol. The van der Waals surface area contributed by atoms with Gasteiger partial charge in [0.25, 0.3) is 0 Å². The molecule has 96 valence electrons. The molecular formula is C12H22N4O. The van der Waals surface area contributed by atoms with Crippen molar-refractivity contribution >= 4 is 5.91 Å². The molecule has 0 aromatic rings. The monoisotopic (exact) mass is 238 g/mol. The average molecular weight is 238 g/mol. The van der Waals surface area contributed by atoms with Crippen molar-refractivity contribution in [3.8, 4) is 6.07 Å². The SMILES string of the molecule is CC(N)C1CCN(CC(=O)N(C)CCC#N)C1. The second kappa shape index (κ2) is 6.58. The molecule has 17 heavy (non-hydrogen) atoms. The van der Waals surface area contributed by atoms with Gasteiger partial charge in [0.2, 0.25) is 5.91 Å². The highest BCUT2D eigenvalue weighted by Crippen LogP contribution is 2.18. The minimum Gasteiger partial charge on any atom is -0.344 e. The number of carbonyl (C=O) groups excluding carboxylic acids is 1. The minimum absolute atomic E-state index is 0.0885. The van der Waals surface area contributed by atoms with Crippen molar-refractivity contribution in [1.29, 1.82) is 5.26 Å². The van der Waals surface area contributed by atoms with Gasteiger partial charge >= 0.3 is 0 Å². The van der Waals surface area contributed by atoms with E-state index in [4.69, 9.17) is 11.0 Å². The van der Waals surface area contributed by atoms with E-state index >= 15 is 0 Å². The number of likely N-dealkylation sites (tertiary alicyclic amines) is 1. The molecule has 2 atom stereocenters. The highest BCUT2D eigenvalue weighted by Gasteiger charge is 2.26. The van der Waals surface area contributed by atoms with Crippen molar-refractivity contribution in [3.63, 3.8) is 0 Å². The Hall–Kier alpha value is -1.12. The Labute approximate surface area is 103 Å². The van der Waals surface area contributed by atoms with E-state index in [1.165, 1.54) is 0 Å². The summed E-state index contributed by atoms with van der Waals surface area (Å²) in [5, 5.41) is 8.46. The third-order valence-corrected chi connectivity index (χ3v) is 3.40. The van der Waals surface area contributed by atoms with Gasteiger partial charge in [-0.2, -0.15) is 5.26 Å². The molecule has 1 amide bonds. The van der Waals surface area contributed by atoms with Crippen LogP contribution in [0.2, 0.25) is 0 Å². The molecule has 1 heterocycles. The van der Waals surface area contributed by atoms with Crippen LogP contribution in [0, 0.1) is 17.2 Å². The van der Waals surface area contributed by atoms with Gasteiger partial charge in [0.05, 0.1) is 19.0 Å². The summed E-state index contributed by atoms with van der Waals surface area (Å²) >= 11 is 0. The highest BCUT2D eigenvalue weighted by molar-refractivity contribution is 5.78. The lowest BCUT2D eigenvalue weighted by molar-refractivity contribution is -0.130. The summed E-state index contributed by atoms with van der Waals surface area (Å²) in [7, 11) is 1.75. The predicted octanol–water partition coefficient (Wildman–Crippen LogP) is 0.0276.